The highest BCUT2D eigenvalue weighted by atomic mass is 16.5. The van der Waals surface area contributed by atoms with Crippen molar-refractivity contribution in [3.8, 4) is 5.75 Å². The molecular formula is C20H25N3O3. The fourth-order valence-corrected chi connectivity index (χ4v) is 3.41. The van der Waals surface area contributed by atoms with E-state index in [1.165, 1.54) is 6.07 Å². The van der Waals surface area contributed by atoms with Crippen LogP contribution in [-0.2, 0) is 11.2 Å². The number of H-pyrrole nitrogens is 1. The lowest BCUT2D eigenvalue weighted by Crippen LogP contribution is -2.33. The van der Waals surface area contributed by atoms with Crippen LogP contribution < -0.4 is 10.3 Å². The summed E-state index contributed by atoms with van der Waals surface area (Å²) in [6.07, 6.45) is 1.98. The van der Waals surface area contributed by atoms with Crippen molar-refractivity contribution in [1.82, 2.24) is 14.9 Å². The Bertz CT molecular complexity index is 844. The molecule has 3 rings (SSSR count). The van der Waals surface area contributed by atoms with Gasteiger partial charge in [-0.3, -0.25) is 9.59 Å². The molecule has 1 aromatic carbocycles. The number of rotatable bonds is 5. The molecule has 0 bridgehead atoms. The van der Waals surface area contributed by atoms with Gasteiger partial charge in [-0.25, -0.2) is 4.98 Å². The van der Waals surface area contributed by atoms with Gasteiger partial charge in [0, 0.05) is 18.2 Å². The van der Waals surface area contributed by atoms with E-state index in [1.807, 2.05) is 43.0 Å². The van der Waals surface area contributed by atoms with Crippen molar-refractivity contribution in [2.24, 2.45) is 0 Å². The molecule has 26 heavy (non-hydrogen) atoms. The molecule has 1 fully saturated rings. The zero-order valence-corrected chi connectivity index (χ0v) is 15.5. The highest BCUT2D eigenvalue weighted by Crippen LogP contribution is 2.31. The Hall–Kier alpha value is -2.63. The number of amides is 1. The molecule has 6 heteroatoms. The van der Waals surface area contributed by atoms with Crippen molar-refractivity contribution in [2.45, 2.75) is 45.1 Å². The van der Waals surface area contributed by atoms with E-state index < -0.39 is 0 Å². The van der Waals surface area contributed by atoms with Crippen molar-refractivity contribution < 1.29 is 9.53 Å². The molecule has 2 aromatic rings. The van der Waals surface area contributed by atoms with E-state index in [4.69, 9.17) is 4.74 Å². The maximum absolute atomic E-state index is 12.9. The molecule has 0 saturated carbocycles. The van der Waals surface area contributed by atoms with Crippen LogP contribution in [0.2, 0.25) is 0 Å². The highest BCUT2D eigenvalue weighted by molar-refractivity contribution is 5.80. The highest BCUT2D eigenvalue weighted by Gasteiger charge is 2.32. The van der Waals surface area contributed by atoms with E-state index in [9.17, 15) is 9.59 Å². The molecule has 1 aliphatic rings. The van der Waals surface area contributed by atoms with Crippen LogP contribution in [0, 0.1) is 0 Å². The Balaban J connectivity index is 1.84. The topological polar surface area (TPSA) is 75.3 Å². The summed E-state index contributed by atoms with van der Waals surface area (Å²) >= 11 is 0. The first kappa shape index (κ1) is 18.2. The van der Waals surface area contributed by atoms with Crippen LogP contribution in [0.1, 0.15) is 55.7 Å². The van der Waals surface area contributed by atoms with Crippen molar-refractivity contribution >= 4 is 5.91 Å². The number of hydrogen-bond acceptors (Lipinski definition) is 4. The van der Waals surface area contributed by atoms with Crippen molar-refractivity contribution in [3.05, 3.63) is 57.8 Å². The van der Waals surface area contributed by atoms with Crippen LogP contribution >= 0.6 is 0 Å². The third-order valence-corrected chi connectivity index (χ3v) is 4.79. The second-order valence-corrected chi connectivity index (χ2v) is 6.94. The number of methoxy groups -OCH3 is 1. The molecule has 1 aliphatic heterocycles. The number of carbonyl (C=O) groups is 1. The van der Waals surface area contributed by atoms with Gasteiger partial charge in [-0.2, -0.15) is 0 Å². The average Bonchev–Trinajstić information content (AvgIpc) is 3.11. The molecule has 1 amide bonds. The molecule has 0 radical (unpaired) electrons. The van der Waals surface area contributed by atoms with Gasteiger partial charge in [-0.1, -0.05) is 32.0 Å². The van der Waals surface area contributed by atoms with Gasteiger partial charge in [0.25, 0.3) is 5.56 Å². The summed E-state index contributed by atoms with van der Waals surface area (Å²) in [6.45, 7) is 4.68. The summed E-state index contributed by atoms with van der Waals surface area (Å²) in [5, 5.41) is 0. The number of aromatic nitrogens is 2. The fourth-order valence-electron chi connectivity index (χ4n) is 3.41. The summed E-state index contributed by atoms with van der Waals surface area (Å²) < 4.78 is 5.35. The van der Waals surface area contributed by atoms with Gasteiger partial charge in [0.1, 0.15) is 11.6 Å². The SMILES string of the molecule is COc1ccccc1CC(=O)N1CCC[C@H]1c1nc(C(C)C)cc(=O)[nH]1. The van der Waals surface area contributed by atoms with Gasteiger partial charge in [0.15, 0.2) is 0 Å². The van der Waals surface area contributed by atoms with Gasteiger partial charge in [0.05, 0.1) is 25.3 Å². The molecule has 0 spiro atoms. The van der Waals surface area contributed by atoms with Crippen LogP contribution in [0.3, 0.4) is 0 Å². The molecule has 1 saturated heterocycles. The lowest BCUT2D eigenvalue weighted by atomic mass is 10.1. The minimum atomic E-state index is -0.177. The zero-order valence-electron chi connectivity index (χ0n) is 15.5. The molecule has 138 valence electrons. The number of hydrogen-bond donors (Lipinski definition) is 1. The third-order valence-electron chi connectivity index (χ3n) is 4.79. The Morgan fingerprint density at radius 2 is 2.15 bits per heavy atom. The molecule has 2 heterocycles. The number of aromatic amines is 1. The van der Waals surface area contributed by atoms with Crippen LogP contribution in [0.15, 0.2) is 35.1 Å². The molecule has 1 atom stereocenters. The minimum Gasteiger partial charge on any atom is -0.496 e. The van der Waals surface area contributed by atoms with E-state index in [2.05, 4.69) is 9.97 Å². The minimum absolute atomic E-state index is 0.0228. The molecular weight excluding hydrogens is 330 g/mol. The average molecular weight is 355 g/mol. The van der Waals surface area contributed by atoms with Crippen LogP contribution in [0.5, 0.6) is 5.75 Å². The van der Waals surface area contributed by atoms with Gasteiger partial charge in [0.2, 0.25) is 5.91 Å². The predicted molar refractivity (Wildman–Crippen MR) is 99.3 cm³/mol. The summed E-state index contributed by atoms with van der Waals surface area (Å²) in [5.41, 5.74) is 1.46. The summed E-state index contributed by atoms with van der Waals surface area (Å²) in [6, 6.07) is 8.90. The third kappa shape index (κ3) is 3.79. The molecule has 0 unspecified atom stereocenters. The lowest BCUT2D eigenvalue weighted by Gasteiger charge is -2.25. The standard InChI is InChI=1S/C20H25N3O3/c1-13(2)15-12-18(24)22-20(21-15)16-8-6-10-23(16)19(25)11-14-7-4-5-9-17(14)26-3/h4-5,7,9,12-13,16H,6,8,10-11H2,1-3H3,(H,21,22,24)/t16-/m0/s1. The molecule has 1 N–H and O–H groups in total. The quantitative estimate of drug-likeness (QED) is 0.895. The first-order valence-corrected chi connectivity index (χ1v) is 9.02. The van der Waals surface area contributed by atoms with Crippen LogP contribution in [0.4, 0.5) is 0 Å². The second-order valence-electron chi connectivity index (χ2n) is 6.94. The van der Waals surface area contributed by atoms with E-state index in [0.29, 0.717) is 18.1 Å². The predicted octanol–water partition coefficient (Wildman–Crippen LogP) is 2.81. The number of carbonyl (C=O) groups excluding carboxylic acids is 1. The van der Waals surface area contributed by atoms with E-state index in [-0.39, 0.29) is 29.8 Å². The first-order valence-electron chi connectivity index (χ1n) is 9.02. The Morgan fingerprint density at radius 1 is 1.38 bits per heavy atom. The maximum Gasteiger partial charge on any atom is 0.251 e. The van der Waals surface area contributed by atoms with E-state index in [0.717, 1.165) is 24.1 Å². The molecule has 1 aromatic heterocycles. The Kier molecular flexibility index (Phi) is 5.40. The van der Waals surface area contributed by atoms with E-state index >= 15 is 0 Å². The number of benzene rings is 1. The van der Waals surface area contributed by atoms with Gasteiger partial charge in [-0.05, 0) is 24.8 Å². The number of ether oxygens (including phenoxy) is 1. The number of nitrogens with one attached hydrogen (secondary N) is 1. The number of para-hydroxylation sites is 1. The fraction of sp³-hybridized carbons (Fsp3) is 0.450. The van der Waals surface area contributed by atoms with Gasteiger partial charge in [-0.15, -0.1) is 0 Å². The van der Waals surface area contributed by atoms with Crippen molar-refractivity contribution in [2.75, 3.05) is 13.7 Å². The second kappa shape index (κ2) is 7.72. The normalized spacial score (nSPS) is 16.9. The van der Waals surface area contributed by atoms with Crippen molar-refractivity contribution in [3.63, 3.8) is 0 Å². The number of nitrogens with zero attached hydrogens (tertiary/aromatic N) is 2. The summed E-state index contributed by atoms with van der Waals surface area (Å²) in [7, 11) is 1.61. The van der Waals surface area contributed by atoms with Gasteiger partial charge < -0.3 is 14.6 Å². The smallest absolute Gasteiger partial charge is 0.251 e. The maximum atomic E-state index is 12.9. The Labute approximate surface area is 153 Å². The van der Waals surface area contributed by atoms with Gasteiger partial charge >= 0.3 is 0 Å². The van der Waals surface area contributed by atoms with Crippen LogP contribution in [0.25, 0.3) is 0 Å². The summed E-state index contributed by atoms with van der Waals surface area (Å²) in [5.74, 6) is 1.49. The first-order chi connectivity index (χ1) is 12.5. The monoisotopic (exact) mass is 355 g/mol. The molecule has 6 nitrogen and oxygen atoms in total. The lowest BCUT2D eigenvalue weighted by molar-refractivity contribution is -0.131. The van der Waals surface area contributed by atoms with E-state index in [1.54, 1.807) is 7.11 Å². The Morgan fingerprint density at radius 3 is 2.88 bits per heavy atom. The van der Waals surface area contributed by atoms with Crippen molar-refractivity contribution in [1.29, 1.82) is 0 Å². The zero-order chi connectivity index (χ0) is 18.7. The number of likely N-dealkylation sites (tertiary alicyclic amines) is 1. The van der Waals surface area contributed by atoms with Crippen LogP contribution in [-0.4, -0.2) is 34.4 Å². The summed E-state index contributed by atoms with van der Waals surface area (Å²) in [4.78, 5) is 34.2. The molecule has 0 aliphatic carbocycles. The largest absolute Gasteiger partial charge is 0.496 e.